The van der Waals surface area contributed by atoms with Crippen molar-refractivity contribution in [2.24, 2.45) is 5.92 Å². The summed E-state index contributed by atoms with van der Waals surface area (Å²) in [5.74, 6) is 1.99. The maximum absolute atomic E-state index is 12.3. The van der Waals surface area contributed by atoms with E-state index < -0.39 is 0 Å². The van der Waals surface area contributed by atoms with Crippen LogP contribution < -0.4 is 5.32 Å². The summed E-state index contributed by atoms with van der Waals surface area (Å²) >= 11 is 3.09. The average molecular weight is 642 g/mol. The van der Waals surface area contributed by atoms with Crippen molar-refractivity contribution in [3.8, 4) is 0 Å². The predicted octanol–water partition coefficient (Wildman–Crippen LogP) is 5.39. The molecular formula is C32H55N3O6S2. The molecule has 0 radical (unpaired) electrons. The molecule has 2 fully saturated rings. The van der Waals surface area contributed by atoms with Crippen molar-refractivity contribution >= 4 is 58.8 Å². The predicted molar refractivity (Wildman–Crippen MR) is 176 cm³/mol. The number of carbonyl (C=O) groups excluding carboxylic acids is 6. The minimum Gasteiger partial charge on any atom is -0.356 e. The molecule has 2 heterocycles. The molecule has 5 amide bonds. The van der Waals surface area contributed by atoms with Crippen molar-refractivity contribution in [2.75, 3.05) is 32.1 Å². The smallest absolute Gasteiger partial charge is 0.242 e. The van der Waals surface area contributed by atoms with Crippen LogP contribution in [-0.2, 0) is 28.8 Å². The Morgan fingerprint density at radius 2 is 1.26 bits per heavy atom. The quantitative estimate of drug-likeness (QED) is 0.131. The Labute approximate surface area is 267 Å². The maximum atomic E-state index is 12.3. The summed E-state index contributed by atoms with van der Waals surface area (Å²) in [6.45, 7) is 7.02. The number of unbranched alkanes of at least 4 members (excludes halogenated alkanes) is 5. The lowest BCUT2D eigenvalue weighted by Crippen LogP contribution is -2.26. The zero-order chi connectivity index (χ0) is 32.2. The van der Waals surface area contributed by atoms with Gasteiger partial charge in [0.1, 0.15) is 5.78 Å². The normalized spacial score (nSPS) is 19.1. The standard InChI is InChI=1S/C29H47N3O6S2.C3H8/c1-21(18-22(33)13-6-4-10-16-39-23-19-26(35)31(2)28(23)37)12-8-9-15-30-25(34)14-7-5-11-17-40-24-20-27(36)32(3)29(24)38;1-3-2/h21,23-24H,4-20H2,1-3H3,(H,30,34);3H2,1-2H3. The van der Waals surface area contributed by atoms with Crippen LogP contribution in [0.2, 0.25) is 0 Å². The molecule has 0 bridgehead atoms. The van der Waals surface area contributed by atoms with Crippen LogP contribution in [0.15, 0.2) is 0 Å². The van der Waals surface area contributed by atoms with Crippen molar-refractivity contribution in [1.82, 2.24) is 15.1 Å². The van der Waals surface area contributed by atoms with Crippen molar-refractivity contribution in [2.45, 2.75) is 128 Å². The summed E-state index contributed by atoms with van der Waals surface area (Å²) in [5.41, 5.74) is 0. The summed E-state index contributed by atoms with van der Waals surface area (Å²) in [4.78, 5) is 73.6. The fourth-order valence-electron chi connectivity index (χ4n) is 4.85. The molecule has 3 atom stereocenters. The molecule has 1 N–H and O–H groups in total. The topological polar surface area (TPSA) is 121 Å². The van der Waals surface area contributed by atoms with Crippen LogP contribution in [0.25, 0.3) is 0 Å². The fourth-order valence-corrected chi connectivity index (χ4v) is 7.28. The summed E-state index contributed by atoms with van der Waals surface area (Å²) in [7, 11) is 3.07. The molecule has 2 aliphatic heterocycles. The number of rotatable bonds is 21. The maximum Gasteiger partial charge on any atom is 0.242 e. The second-order valence-electron chi connectivity index (χ2n) is 11.7. The van der Waals surface area contributed by atoms with E-state index in [1.807, 2.05) is 0 Å². The lowest BCUT2D eigenvalue weighted by molar-refractivity contribution is -0.138. The Balaban J connectivity index is 0.00000295. The molecule has 43 heavy (non-hydrogen) atoms. The highest BCUT2D eigenvalue weighted by atomic mass is 32.2. The number of thioether (sulfide) groups is 2. The van der Waals surface area contributed by atoms with Gasteiger partial charge in [0.05, 0.1) is 10.5 Å². The molecule has 3 unspecified atom stereocenters. The molecule has 0 aromatic heterocycles. The third-order valence-corrected chi connectivity index (χ3v) is 10.1. The first-order valence-corrected chi connectivity index (χ1v) is 18.2. The van der Waals surface area contributed by atoms with Crippen LogP contribution in [0, 0.1) is 5.92 Å². The van der Waals surface area contributed by atoms with Crippen LogP contribution in [-0.4, -0.2) is 87.8 Å². The number of ketones is 1. The van der Waals surface area contributed by atoms with Gasteiger partial charge in [-0.15, -0.1) is 23.5 Å². The van der Waals surface area contributed by atoms with Gasteiger partial charge in [-0.1, -0.05) is 52.9 Å². The van der Waals surface area contributed by atoms with Crippen molar-refractivity contribution in [3.05, 3.63) is 0 Å². The molecule has 0 saturated carbocycles. The number of hydrogen-bond donors (Lipinski definition) is 1. The molecule has 0 aromatic rings. The molecule has 11 heteroatoms. The summed E-state index contributed by atoms with van der Waals surface area (Å²) in [6.07, 6.45) is 11.9. The monoisotopic (exact) mass is 641 g/mol. The van der Waals surface area contributed by atoms with Gasteiger partial charge in [0.15, 0.2) is 0 Å². The first-order chi connectivity index (χ1) is 20.5. The largest absolute Gasteiger partial charge is 0.356 e. The van der Waals surface area contributed by atoms with Gasteiger partial charge < -0.3 is 5.32 Å². The van der Waals surface area contributed by atoms with Gasteiger partial charge in [-0.3, -0.25) is 38.6 Å². The summed E-state index contributed by atoms with van der Waals surface area (Å²) < 4.78 is 0. The summed E-state index contributed by atoms with van der Waals surface area (Å²) in [5, 5.41) is 2.50. The molecular weight excluding hydrogens is 587 g/mol. The highest BCUT2D eigenvalue weighted by Gasteiger charge is 2.36. The first-order valence-electron chi connectivity index (χ1n) is 16.1. The van der Waals surface area contributed by atoms with Gasteiger partial charge in [-0.05, 0) is 49.5 Å². The van der Waals surface area contributed by atoms with Crippen LogP contribution in [0.3, 0.4) is 0 Å². The molecule has 2 rings (SSSR count). The minimum absolute atomic E-state index is 0.0724. The Bertz CT molecular complexity index is 916. The van der Waals surface area contributed by atoms with E-state index in [0.717, 1.165) is 69.3 Å². The van der Waals surface area contributed by atoms with Crippen LogP contribution in [0.5, 0.6) is 0 Å². The molecule has 2 aliphatic rings. The van der Waals surface area contributed by atoms with Crippen LogP contribution in [0.1, 0.15) is 117 Å². The first kappa shape index (κ1) is 39.1. The number of carbonyl (C=O) groups is 6. The van der Waals surface area contributed by atoms with E-state index in [0.29, 0.717) is 50.4 Å². The Kier molecular flexibility index (Phi) is 20.6. The zero-order valence-electron chi connectivity index (χ0n) is 27.1. The van der Waals surface area contributed by atoms with Gasteiger partial charge >= 0.3 is 0 Å². The van der Waals surface area contributed by atoms with E-state index in [-0.39, 0.29) is 40.0 Å². The third-order valence-electron chi connectivity index (χ3n) is 7.49. The van der Waals surface area contributed by atoms with E-state index in [2.05, 4.69) is 26.1 Å². The summed E-state index contributed by atoms with van der Waals surface area (Å²) in [6, 6.07) is 0. The second-order valence-corrected chi connectivity index (χ2v) is 14.4. The molecule has 0 aromatic carbocycles. The SMILES string of the molecule is CC(CCCCNC(=O)CCCCCSC1CC(=O)N(C)C1=O)CC(=O)CCCCCSC1CC(=O)N(C)C1=O.CCC. The van der Waals surface area contributed by atoms with E-state index >= 15 is 0 Å². The number of hydrogen-bond acceptors (Lipinski definition) is 8. The molecule has 0 spiro atoms. The van der Waals surface area contributed by atoms with Crippen molar-refractivity contribution < 1.29 is 28.8 Å². The number of Topliss-reactive ketones (excluding diaryl/α,β-unsaturated/α-hetero) is 1. The highest BCUT2D eigenvalue weighted by Crippen LogP contribution is 2.26. The highest BCUT2D eigenvalue weighted by molar-refractivity contribution is 8.00. The van der Waals surface area contributed by atoms with Gasteiger partial charge in [0.25, 0.3) is 0 Å². The number of nitrogens with one attached hydrogen (secondary N) is 1. The molecule has 0 aliphatic carbocycles. The van der Waals surface area contributed by atoms with E-state index in [1.54, 1.807) is 23.5 Å². The van der Waals surface area contributed by atoms with Gasteiger partial charge in [-0.25, -0.2) is 0 Å². The second kappa shape index (κ2) is 22.6. The van der Waals surface area contributed by atoms with Crippen LogP contribution >= 0.6 is 23.5 Å². The molecule has 9 nitrogen and oxygen atoms in total. The average Bonchev–Trinajstić information content (AvgIpc) is 3.35. The fraction of sp³-hybridized carbons (Fsp3) is 0.812. The zero-order valence-corrected chi connectivity index (χ0v) is 28.8. The minimum atomic E-state index is -0.241. The van der Waals surface area contributed by atoms with Crippen LogP contribution in [0.4, 0.5) is 0 Å². The van der Waals surface area contributed by atoms with E-state index in [9.17, 15) is 28.8 Å². The van der Waals surface area contributed by atoms with E-state index in [1.165, 1.54) is 30.3 Å². The number of nitrogens with zero attached hydrogens (tertiary/aromatic N) is 2. The van der Waals surface area contributed by atoms with Gasteiger partial charge in [0, 0.05) is 52.7 Å². The third kappa shape index (κ3) is 16.1. The van der Waals surface area contributed by atoms with Crippen molar-refractivity contribution in [3.63, 3.8) is 0 Å². The van der Waals surface area contributed by atoms with Gasteiger partial charge in [0.2, 0.25) is 29.5 Å². The lowest BCUT2D eigenvalue weighted by atomic mass is 9.96. The lowest BCUT2D eigenvalue weighted by Gasteiger charge is -2.11. The number of likely N-dealkylation sites (tertiary alicyclic amines) is 2. The number of imide groups is 2. The Hall–Kier alpha value is -1.88. The van der Waals surface area contributed by atoms with E-state index in [4.69, 9.17) is 0 Å². The Morgan fingerprint density at radius 1 is 0.767 bits per heavy atom. The van der Waals surface area contributed by atoms with Crippen molar-refractivity contribution in [1.29, 1.82) is 0 Å². The Morgan fingerprint density at radius 3 is 1.72 bits per heavy atom. The molecule has 2 saturated heterocycles. The number of amides is 5. The van der Waals surface area contributed by atoms with Gasteiger partial charge in [-0.2, -0.15) is 0 Å². The molecule has 246 valence electrons.